The summed E-state index contributed by atoms with van der Waals surface area (Å²) < 4.78 is 86.2. The molecule has 3 heterocycles. The minimum absolute atomic E-state index is 0.0921. The molecule has 2 aromatic heterocycles. The zero-order valence-corrected chi connectivity index (χ0v) is 25.7. The van der Waals surface area contributed by atoms with Crippen LogP contribution in [0.4, 0.5) is 43.4 Å². The van der Waals surface area contributed by atoms with Crippen molar-refractivity contribution < 1.29 is 36.0 Å². The number of thiazole rings is 1. The molecule has 0 bridgehead atoms. The summed E-state index contributed by atoms with van der Waals surface area (Å²) in [5.74, 6) is 0.624. The summed E-state index contributed by atoms with van der Waals surface area (Å²) in [5, 5.41) is 14.9. The average Bonchev–Trinajstić information content (AvgIpc) is 3.43. The van der Waals surface area contributed by atoms with Crippen LogP contribution < -0.4 is 15.0 Å². The van der Waals surface area contributed by atoms with Gasteiger partial charge in [0.2, 0.25) is 0 Å². The first-order chi connectivity index (χ1) is 22.3. The average molecular weight is 681 g/mol. The molecule has 4 aromatic rings. The first kappa shape index (κ1) is 32.7. The van der Waals surface area contributed by atoms with Crippen LogP contribution in [0.15, 0.2) is 54.9 Å². The van der Waals surface area contributed by atoms with Gasteiger partial charge < -0.3 is 15.0 Å². The predicted octanol–water partition coefficient (Wildman–Crippen LogP) is 7.76. The Morgan fingerprint density at radius 3 is 2.36 bits per heavy atom. The first-order valence-electron chi connectivity index (χ1n) is 15.0. The number of rotatable bonds is 8. The lowest BCUT2D eigenvalue weighted by Crippen LogP contribution is -2.46. The van der Waals surface area contributed by atoms with Gasteiger partial charge in [0.25, 0.3) is 5.69 Å². The van der Waals surface area contributed by atoms with Gasteiger partial charge in [-0.15, -0.1) is 11.3 Å². The fraction of sp³-hybridized carbons (Fsp3) is 0.419. The number of pyridine rings is 1. The summed E-state index contributed by atoms with van der Waals surface area (Å²) in [4.78, 5) is 23.2. The number of hydrogen-bond acceptors (Lipinski definition) is 9. The number of nitro groups is 1. The number of aromatic nitrogens is 2. The lowest BCUT2D eigenvalue weighted by Gasteiger charge is -2.35. The number of piperazine rings is 1. The molecule has 1 aliphatic carbocycles. The minimum atomic E-state index is -4.84. The molecule has 47 heavy (non-hydrogen) atoms. The Labute approximate surface area is 269 Å². The standard InChI is InChI=1S/C31H30F6N6O3S/c32-30(33,34)19-1-8-28-26(13-19)40-29(47-28)18-41-9-11-42(12-10-41)22-15-24(17-38-16-22)46-23-5-2-20(3-6-23)39-21-4-7-27(43(44)45)25(14-21)31(35,36)37/h1,4,7-8,13-17,20,23,39H,2-3,5-6,9-12,18H2. The van der Waals surface area contributed by atoms with Crippen LogP contribution >= 0.6 is 11.3 Å². The highest BCUT2D eigenvalue weighted by molar-refractivity contribution is 7.18. The Hall–Kier alpha value is -4.18. The Kier molecular flexibility index (Phi) is 9.16. The molecule has 9 nitrogen and oxygen atoms in total. The summed E-state index contributed by atoms with van der Waals surface area (Å²) in [6.07, 6.45) is -3.28. The number of ether oxygens (including phenoxy) is 1. The van der Waals surface area contributed by atoms with E-state index in [1.807, 2.05) is 6.07 Å². The molecule has 1 N–H and O–H groups in total. The molecule has 1 aliphatic heterocycles. The molecular weight excluding hydrogens is 650 g/mol. The van der Waals surface area contributed by atoms with Crippen molar-refractivity contribution in [2.24, 2.45) is 0 Å². The van der Waals surface area contributed by atoms with Crippen molar-refractivity contribution in [1.82, 2.24) is 14.9 Å². The van der Waals surface area contributed by atoms with E-state index in [4.69, 9.17) is 4.74 Å². The van der Waals surface area contributed by atoms with Gasteiger partial charge in [-0.1, -0.05) is 0 Å². The Morgan fingerprint density at radius 1 is 0.936 bits per heavy atom. The number of anilines is 2. The van der Waals surface area contributed by atoms with Crippen LogP contribution in [-0.4, -0.2) is 58.1 Å². The van der Waals surface area contributed by atoms with Crippen LogP contribution in [0.5, 0.6) is 5.75 Å². The van der Waals surface area contributed by atoms with Crippen molar-refractivity contribution in [2.75, 3.05) is 36.4 Å². The highest BCUT2D eigenvalue weighted by Crippen LogP contribution is 2.38. The van der Waals surface area contributed by atoms with E-state index in [1.165, 1.54) is 23.5 Å². The predicted molar refractivity (Wildman–Crippen MR) is 165 cm³/mol. The van der Waals surface area contributed by atoms with Crippen molar-refractivity contribution in [2.45, 2.75) is 56.7 Å². The third-order valence-corrected chi connectivity index (χ3v) is 9.42. The second kappa shape index (κ2) is 13.1. The van der Waals surface area contributed by atoms with E-state index >= 15 is 0 Å². The lowest BCUT2D eigenvalue weighted by atomic mass is 9.92. The lowest BCUT2D eigenvalue weighted by molar-refractivity contribution is -0.388. The molecule has 1 saturated carbocycles. The fourth-order valence-electron chi connectivity index (χ4n) is 5.98. The van der Waals surface area contributed by atoms with Gasteiger partial charge in [0.1, 0.15) is 16.3 Å². The number of hydrogen-bond donors (Lipinski definition) is 1. The van der Waals surface area contributed by atoms with Gasteiger partial charge in [-0.25, -0.2) is 4.98 Å². The molecule has 16 heteroatoms. The van der Waals surface area contributed by atoms with E-state index < -0.39 is 34.1 Å². The summed E-state index contributed by atoms with van der Waals surface area (Å²) in [5.41, 5.74) is -1.51. The molecule has 1 saturated heterocycles. The van der Waals surface area contributed by atoms with Crippen LogP contribution in [0.3, 0.4) is 0 Å². The number of nitrogens with zero attached hydrogens (tertiary/aromatic N) is 5. The van der Waals surface area contributed by atoms with Crippen molar-refractivity contribution >= 4 is 38.6 Å². The van der Waals surface area contributed by atoms with E-state index in [1.54, 1.807) is 12.4 Å². The Balaban J connectivity index is 0.985. The van der Waals surface area contributed by atoms with Crippen LogP contribution in [0.25, 0.3) is 10.2 Å². The van der Waals surface area contributed by atoms with Gasteiger partial charge in [0.05, 0.1) is 51.4 Å². The topological polar surface area (TPSA) is 96.7 Å². The summed E-state index contributed by atoms with van der Waals surface area (Å²) in [7, 11) is 0. The number of alkyl halides is 6. The van der Waals surface area contributed by atoms with Crippen LogP contribution in [0.2, 0.25) is 0 Å². The monoisotopic (exact) mass is 680 g/mol. The van der Waals surface area contributed by atoms with Gasteiger partial charge in [-0.3, -0.25) is 20.0 Å². The normalized spacial score (nSPS) is 19.6. The molecule has 2 aliphatic rings. The largest absolute Gasteiger partial charge is 0.489 e. The van der Waals surface area contributed by atoms with Gasteiger partial charge in [0.15, 0.2) is 0 Å². The number of nitro benzene ring substituents is 1. The van der Waals surface area contributed by atoms with Crippen molar-refractivity contribution in [3.63, 3.8) is 0 Å². The van der Waals surface area contributed by atoms with Gasteiger partial charge >= 0.3 is 12.4 Å². The zero-order valence-electron chi connectivity index (χ0n) is 24.9. The highest BCUT2D eigenvalue weighted by atomic mass is 32.1. The van der Waals surface area contributed by atoms with Gasteiger partial charge in [-0.05, 0) is 56.0 Å². The smallest absolute Gasteiger partial charge is 0.423 e. The highest BCUT2D eigenvalue weighted by Gasteiger charge is 2.38. The molecule has 250 valence electrons. The number of fused-ring (bicyclic) bond motifs is 1. The summed E-state index contributed by atoms with van der Waals surface area (Å²) in [6.45, 7) is 3.49. The number of halogens is 6. The quantitative estimate of drug-likeness (QED) is 0.115. The Morgan fingerprint density at radius 2 is 1.68 bits per heavy atom. The van der Waals surface area contributed by atoms with Crippen molar-refractivity contribution in [3.05, 3.63) is 81.1 Å². The maximum absolute atomic E-state index is 13.4. The maximum Gasteiger partial charge on any atom is 0.423 e. The van der Waals surface area contributed by atoms with Crippen molar-refractivity contribution in [1.29, 1.82) is 0 Å². The SMILES string of the molecule is O=[N+]([O-])c1ccc(NC2CCC(Oc3cncc(N4CCN(Cc5nc6cc(C(F)(F)F)ccc6s5)CC4)c3)CC2)cc1C(F)(F)F. The second-order valence-electron chi connectivity index (χ2n) is 11.7. The number of nitrogens with one attached hydrogen (secondary N) is 1. The molecule has 0 amide bonds. The number of benzene rings is 2. The molecular formula is C31H30F6N6O3S. The molecule has 0 unspecified atom stereocenters. The van der Waals surface area contributed by atoms with Crippen LogP contribution in [0.1, 0.15) is 41.8 Å². The van der Waals surface area contributed by atoms with E-state index in [0.29, 0.717) is 43.5 Å². The van der Waals surface area contributed by atoms with E-state index in [-0.39, 0.29) is 17.8 Å². The van der Waals surface area contributed by atoms with Gasteiger partial charge in [-0.2, -0.15) is 26.3 Å². The Bertz CT molecular complexity index is 1730. The van der Waals surface area contributed by atoms with Gasteiger partial charge in [0, 0.05) is 50.0 Å². The van der Waals surface area contributed by atoms with Crippen LogP contribution in [-0.2, 0) is 18.9 Å². The third kappa shape index (κ3) is 7.87. The molecule has 0 spiro atoms. The van der Waals surface area contributed by atoms with E-state index in [2.05, 4.69) is 25.1 Å². The third-order valence-electron chi connectivity index (χ3n) is 8.40. The molecule has 2 aromatic carbocycles. The minimum Gasteiger partial charge on any atom is -0.489 e. The summed E-state index contributed by atoms with van der Waals surface area (Å²) in [6, 6.07) is 8.45. The maximum atomic E-state index is 13.4. The second-order valence-corrected chi connectivity index (χ2v) is 12.8. The first-order valence-corrected chi connectivity index (χ1v) is 15.8. The summed E-state index contributed by atoms with van der Waals surface area (Å²) >= 11 is 1.40. The molecule has 6 rings (SSSR count). The zero-order chi connectivity index (χ0) is 33.3. The molecule has 0 atom stereocenters. The van der Waals surface area contributed by atoms with Crippen molar-refractivity contribution in [3.8, 4) is 5.75 Å². The van der Waals surface area contributed by atoms with E-state index in [9.17, 15) is 36.5 Å². The van der Waals surface area contributed by atoms with E-state index in [0.717, 1.165) is 65.8 Å². The fourth-order valence-corrected chi connectivity index (χ4v) is 6.97. The molecule has 2 fully saturated rings. The van der Waals surface area contributed by atoms with Crippen LogP contribution in [0, 0.1) is 10.1 Å². The molecule has 0 radical (unpaired) electrons.